The first-order valence-electron chi connectivity index (χ1n) is 13.3. The summed E-state index contributed by atoms with van der Waals surface area (Å²) in [4.78, 5) is 4.85. The van der Waals surface area contributed by atoms with E-state index in [0.29, 0.717) is 0 Å². The van der Waals surface area contributed by atoms with E-state index in [0.717, 1.165) is 5.52 Å². The molecule has 3 aromatic heterocycles. The molecule has 3 heterocycles. The van der Waals surface area contributed by atoms with Crippen molar-refractivity contribution in [3.63, 3.8) is 0 Å². The maximum absolute atomic E-state index is 4.85. The molecule has 0 amide bonds. The fourth-order valence-electron chi connectivity index (χ4n) is 6.37. The molecule has 0 atom stereocenters. The van der Waals surface area contributed by atoms with Gasteiger partial charge in [0, 0.05) is 28.7 Å². The van der Waals surface area contributed by atoms with Crippen LogP contribution in [0.25, 0.3) is 27.3 Å². The Labute approximate surface area is 224 Å². The van der Waals surface area contributed by atoms with Gasteiger partial charge in [0.15, 0.2) is 8.07 Å². The Hall–Kier alpha value is -4.21. The molecule has 2 nitrogen and oxygen atoms in total. The maximum Gasteiger partial charge on any atom is 0.179 e. The average Bonchev–Trinajstić information content (AvgIpc) is 3.50. The molecule has 3 heteroatoms. The van der Waals surface area contributed by atoms with E-state index >= 15 is 0 Å². The van der Waals surface area contributed by atoms with Crippen LogP contribution in [0.5, 0.6) is 0 Å². The van der Waals surface area contributed by atoms with Gasteiger partial charge in [0.1, 0.15) is 0 Å². The van der Waals surface area contributed by atoms with Crippen LogP contribution in [0.4, 0.5) is 0 Å². The van der Waals surface area contributed by atoms with Crippen LogP contribution in [0, 0.1) is 0 Å². The smallest absolute Gasteiger partial charge is 0.179 e. The van der Waals surface area contributed by atoms with E-state index < -0.39 is 8.07 Å². The van der Waals surface area contributed by atoms with E-state index in [4.69, 9.17) is 4.98 Å². The third kappa shape index (κ3) is 3.22. The van der Waals surface area contributed by atoms with Crippen molar-refractivity contribution in [2.45, 2.75) is 26.2 Å². The summed E-state index contributed by atoms with van der Waals surface area (Å²) in [6.07, 6.45) is 4.29. The van der Waals surface area contributed by atoms with Crippen LogP contribution in [-0.4, -0.2) is 17.5 Å². The first-order valence-corrected chi connectivity index (χ1v) is 15.3. The SMILES string of the molecule is CC(C)(C)c1cn2c3ccc([Si](c4ccccc4)(c4ccccc4)c4ccccc4)cc3c3ccnc1c32. The number of hydrogen-bond acceptors (Lipinski definition) is 1. The molecule has 7 rings (SSSR count). The Kier molecular flexibility index (Phi) is 5.07. The minimum absolute atomic E-state index is 0.0303. The van der Waals surface area contributed by atoms with Crippen LogP contribution in [-0.2, 0) is 5.41 Å². The average molecular weight is 507 g/mol. The van der Waals surface area contributed by atoms with E-state index in [1.807, 2.05) is 6.20 Å². The Bertz CT molecular complexity index is 1790. The Balaban J connectivity index is 1.60. The van der Waals surface area contributed by atoms with Gasteiger partial charge >= 0.3 is 0 Å². The van der Waals surface area contributed by atoms with Crippen molar-refractivity contribution >= 4 is 56.1 Å². The first kappa shape index (κ1) is 22.9. The van der Waals surface area contributed by atoms with Crippen LogP contribution in [0.1, 0.15) is 26.3 Å². The highest BCUT2D eigenvalue weighted by Crippen LogP contribution is 2.37. The van der Waals surface area contributed by atoms with Crippen LogP contribution in [0.15, 0.2) is 128 Å². The molecule has 0 fully saturated rings. The van der Waals surface area contributed by atoms with Gasteiger partial charge in [0.2, 0.25) is 0 Å². The summed E-state index contributed by atoms with van der Waals surface area (Å²) < 4.78 is 2.37. The highest BCUT2D eigenvalue weighted by atomic mass is 28.3. The van der Waals surface area contributed by atoms with Crippen LogP contribution >= 0.6 is 0 Å². The molecule has 0 bridgehead atoms. The molecule has 0 unspecified atom stereocenters. The molecule has 38 heavy (non-hydrogen) atoms. The van der Waals surface area contributed by atoms with Crippen molar-refractivity contribution < 1.29 is 0 Å². The van der Waals surface area contributed by atoms with Crippen LogP contribution in [0.2, 0.25) is 0 Å². The van der Waals surface area contributed by atoms with E-state index in [2.05, 4.69) is 147 Å². The zero-order valence-electron chi connectivity index (χ0n) is 22.0. The van der Waals surface area contributed by atoms with Crippen molar-refractivity contribution in [2.75, 3.05) is 0 Å². The fourth-order valence-corrected chi connectivity index (χ4v) is 11.1. The van der Waals surface area contributed by atoms with E-state index in [-0.39, 0.29) is 5.41 Å². The largest absolute Gasteiger partial charge is 0.314 e. The van der Waals surface area contributed by atoms with Crippen molar-refractivity contribution in [1.82, 2.24) is 9.38 Å². The summed E-state index contributed by atoms with van der Waals surface area (Å²) in [5.41, 5.74) is 4.92. The van der Waals surface area contributed by atoms with Gasteiger partial charge in [-0.25, -0.2) is 0 Å². The molecule has 0 aliphatic heterocycles. The topological polar surface area (TPSA) is 17.3 Å². The number of aromatic nitrogens is 2. The summed E-state index contributed by atoms with van der Waals surface area (Å²) in [5.74, 6) is 0. The molecule has 0 N–H and O–H groups in total. The molecule has 0 saturated carbocycles. The van der Waals surface area contributed by atoms with Crippen LogP contribution in [0.3, 0.4) is 0 Å². The number of nitrogens with zero attached hydrogens (tertiary/aromatic N) is 2. The lowest BCUT2D eigenvalue weighted by atomic mass is 9.88. The number of hydrogen-bond donors (Lipinski definition) is 0. The lowest BCUT2D eigenvalue weighted by Gasteiger charge is -2.34. The zero-order valence-corrected chi connectivity index (χ0v) is 23.0. The summed E-state index contributed by atoms with van der Waals surface area (Å²) >= 11 is 0. The first-order chi connectivity index (χ1) is 18.5. The number of fused-ring (bicyclic) bond motifs is 3. The zero-order chi connectivity index (χ0) is 25.9. The summed E-state index contributed by atoms with van der Waals surface area (Å²) in [6.45, 7) is 6.81. The fraction of sp³-hybridized carbons (Fsp3) is 0.114. The predicted molar refractivity (Wildman–Crippen MR) is 164 cm³/mol. The lowest BCUT2D eigenvalue weighted by molar-refractivity contribution is 0.594. The molecule has 0 aliphatic rings. The Morgan fingerprint density at radius 2 is 1.16 bits per heavy atom. The third-order valence-electron chi connectivity index (χ3n) is 8.09. The van der Waals surface area contributed by atoms with Gasteiger partial charge < -0.3 is 4.40 Å². The van der Waals surface area contributed by atoms with E-state index in [1.165, 1.54) is 48.1 Å². The standard InChI is InChI=1S/C35H30N2Si/c1-35(2,3)31-24-37-32-20-19-28(23-30(32)29-21-22-36-33(31)34(29)37)38(25-13-7-4-8-14-25,26-15-9-5-10-16-26)27-17-11-6-12-18-27/h4-24H,1-3H3. The Morgan fingerprint density at radius 3 is 1.68 bits per heavy atom. The van der Waals surface area contributed by atoms with Gasteiger partial charge in [-0.2, -0.15) is 0 Å². The molecular formula is C35H30N2Si. The summed E-state index contributed by atoms with van der Waals surface area (Å²) in [6, 6.07) is 42.8. The van der Waals surface area contributed by atoms with Crippen molar-refractivity contribution in [2.24, 2.45) is 0 Å². The number of benzene rings is 4. The molecule has 184 valence electrons. The number of pyridine rings is 1. The van der Waals surface area contributed by atoms with E-state index in [1.54, 1.807) is 0 Å². The molecule has 0 saturated heterocycles. The molecule has 0 aliphatic carbocycles. The van der Waals surface area contributed by atoms with Crippen molar-refractivity contribution in [3.8, 4) is 0 Å². The lowest BCUT2D eigenvalue weighted by Crippen LogP contribution is -2.74. The molecule has 0 radical (unpaired) electrons. The summed E-state index contributed by atoms with van der Waals surface area (Å²) in [7, 11) is -2.57. The molecular weight excluding hydrogens is 476 g/mol. The normalized spacial score (nSPS) is 12.6. The minimum Gasteiger partial charge on any atom is -0.314 e. The molecule has 4 aromatic carbocycles. The second-order valence-corrected chi connectivity index (χ2v) is 15.1. The van der Waals surface area contributed by atoms with Gasteiger partial charge in [-0.15, -0.1) is 0 Å². The summed E-state index contributed by atoms with van der Waals surface area (Å²) in [5, 5.41) is 8.15. The second kappa shape index (κ2) is 8.40. The monoisotopic (exact) mass is 506 g/mol. The molecule has 7 aromatic rings. The third-order valence-corrected chi connectivity index (χ3v) is 12.9. The van der Waals surface area contributed by atoms with Crippen LogP contribution < -0.4 is 20.7 Å². The number of rotatable bonds is 4. The minimum atomic E-state index is -2.57. The predicted octanol–water partition coefficient (Wildman–Crippen LogP) is 5.75. The van der Waals surface area contributed by atoms with E-state index in [9.17, 15) is 0 Å². The highest BCUT2D eigenvalue weighted by Gasteiger charge is 2.41. The Morgan fingerprint density at radius 1 is 0.605 bits per heavy atom. The maximum atomic E-state index is 4.85. The molecule has 0 spiro atoms. The van der Waals surface area contributed by atoms with Gasteiger partial charge in [-0.1, -0.05) is 124 Å². The van der Waals surface area contributed by atoms with Gasteiger partial charge in [-0.3, -0.25) is 4.98 Å². The van der Waals surface area contributed by atoms with Gasteiger partial charge in [-0.05, 0) is 38.3 Å². The van der Waals surface area contributed by atoms with Gasteiger partial charge in [0.25, 0.3) is 0 Å². The second-order valence-electron chi connectivity index (χ2n) is 11.3. The highest BCUT2D eigenvalue weighted by molar-refractivity contribution is 7.20. The van der Waals surface area contributed by atoms with Crippen molar-refractivity contribution in [3.05, 3.63) is 133 Å². The van der Waals surface area contributed by atoms with Gasteiger partial charge in [0.05, 0.1) is 16.6 Å². The van der Waals surface area contributed by atoms with Crippen molar-refractivity contribution in [1.29, 1.82) is 0 Å². The quantitative estimate of drug-likeness (QED) is 0.219.